The molecule has 0 aliphatic carbocycles. The lowest BCUT2D eigenvalue weighted by molar-refractivity contribution is -0.384. The normalized spacial score (nSPS) is 18.3. The van der Waals surface area contributed by atoms with Crippen LogP contribution in [0.5, 0.6) is 0 Å². The highest BCUT2D eigenvalue weighted by molar-refractivity contribution is 6.10. The molecule has 1 saturated heterocycles. The van der Waals surface area contributed by atoms with Gasteiger partial charge >= 0.3 is 6.03 Å². The summed E-state index contributed by atoms with van der Waals surface area (Å²) in [5, 5.41) is 16.4. The Hall–Kier alpha value is -3.75. The number of hydrogen-bond acceptors (Lipinski definition) is 5. The summed E-state index contributed by atoms with van der Waals surface area (Å²) in [6.07, 6.45) is 0. The van der Waals surface area contributed by atoms with E-state index < -0.39 is 34.9 Å². The van der Waals surface area contributed by atoms with E-state index in [0.717, 1.165) is 16.0 Å². The van der Waals surface area contributed by atoms with Crippen LogP contribution in [0.15, 0.2) is 36.4 Å². The fourth-order valence-electron chi connectivity index (χ4n) is 3.36. The van der Waals surface area contributed by atoms with Crippen molar-refractivity contribution in [3.63, 3.8) is 0 Å². The number of nitro groups is 1. The zero-order valence-electron chi connectivity index (χ0n) is 17.1. The number of aryl methyl sites for hydroxylation is 2. The van der Waals surface area contributed by atoms with Gasteiger partial charge in [-0.05, 0) is 44.4 Å². The number of nitrogens with one attached hydrogen (secondary N) is 2. The Labute approximate surface area is 173 Å². The maximum Gasteiger partial charge on any atom is 0.325 e. The number of carbonyl (C=O) groups excluding carboxylic acids is 3. The number of hydrogen-bond donors (Lipinski definition) is 2. The third-order valence-corrected chi connectivity index (χ3v) is 5.38. The summed E-state index contributed by atoms with van der Waals surface area (Å²) < 4.78 is 0. The average molecular weight is 410 g/mol. The first-order valence-electron chi connectivity index (χ1n) is 9.30. The molecule has 156 valence electrons. The molecule has 1 aliphatic rings. The zero-order chi connectivity index (χ0) is 22.2. The van der Waals surface area contributed by atoms with Gasteiger partial charge in [-0.3, -0.25) is 24.6 Å². The molecule has 4 amide bonds. The van der Waals surface area contributed by atoms with Crippen molar-refractivity contribution in [3.05, 3.63) is 68.8 Å². The number of nitrogens with zero attached hydrogens (tertiary/aromatic N) is 2. The fraction of sp³-hybridized carbons (Fsp3) is 0.286. The Morgan fingerprint density at radius 1 is 1.13 bits per heavy atom. The van der Waals surface area contributed by atoms with Gasteiger partial charge in [-0.1, -0.05) is 35.9 Å². The van der Waals surface area contributed by atoms with Gasteiger partial charge in [0.05, 0.1) is 4.92 Å². The number of nitro benzene ring substituents is 1. The van der Waals surface area contributed by atoms with Gasteiger partial charge in [0.25, 0.3) is 11.6 Å². The van der Waals surface area contributed by atoms with Crippen LogP contribution in [0.3, 0.4) is 0 Å². The molecule has 2 N–H and O–H groups in total. The highest BCUT2D eigenvalue weighted by Crippen LogP contribution is 2.31. The van der Waals surface area contributed by atoms with E-state index in [1.807, 2.05) is 19.1 Å². The number of amides is 4. The van der Waals surface area contributed by atoms with Crippen LogP contribution in [0, 0.1) is 30.9 Å². The molecule has 1 atom stereocenters. The van der Waals surface area contributed by atoms with E-state index in [1.165, 1.54) is 6.07 Å². The van der Waals surface area contributed by atoms with E-state index in [2.05, 4.69) is 10.6 Å². The number of anilines is 1. The average Bonchev–Trinajstić information content (AvgIpc) is 2.89. The quantitative estimate of drug-likeness (QED) is 0.446. The van der Waals surface area contributed by atoms with Gasteiger partial charge in [-0.25, -0.2) is 4.79 Å². The minimum atomic E-state index is -1.30. The van der Waals surface area contributed by atoms with Crippen LogP contribution in [0.2, 0.25) is 0 Å². The van der Waals surface area contributed by atoms with Crippen LogP contribution in [0.25, 0.3) is 0 Å². The Morgan fingerprint density at radius 3 is 2.37 bits per heavy atom. The molecule has 2 aromatic carbocycles. The maximum atomic E-state index is 13.0. The lowest BCUT2D eigenvalue weighted by atomic mass is 9.91. The van der Waals surface area contributed by atoms with Gasteiger partial charge in [0.15, 0.2) is 0 Å². The number of imide groups is 1. The summed E-state index contributed by atoms with van der Waals surface area (Å²) in [7, 11) is 0. The Bertz CT molecular complexity index is 1060. The molecule has 0 saturated carbocycles. The second-order valence-corrected chi connectivity index (χ2v) is 7.52. The van der Waals surface area contributed by atoms with Crippen LogP contribution in [0.1, 0.15) is 29.2 Å². The molecule has 0 bridgehead atoms. The highest BCUT2D eigenvalue weighted by atomic mass is 16.6. The third kappa shape index (κ3) is 3.61. The molecule has 0 radical (unpaired) electrons. The smallest absolute Gasteiger partial charge is 0.319 e. The fourth-order valence-corrected chi connectivity index (χ4v) is 3.36. The van der Waals surface area contributed by atoms with Crippen molar-refractivity contribution in [2.24, 2.45) is 0 Å². The minimum absolute atomic E-state index is 0.0540. The van der Waals surface area contributed by atoms with Crippen molar-refractivity contribution >= 4 is 29.2 Å². The van der Waals surface area contributed by atoms with Gasteiger partial charge < -0.3 is 10.6 Å². The number of benzene rings is 2. The summed E-state index contributed by atoms with van der Waals surface area (Å²) in [5.74, 6) is -1.27. The van der Waals surface area contributed by atoms with Crippen molar-refractivity contribution in [1.29, 1.82) is 0 Å². The van der Waals surface area contributed by atoms with Crippen LogP contribution >= 0.6 is 0 Å². The molecular formula is C21H22N4O5. The van der Waals surface area contributed by atoms with Crippen LogP contribution in [-0.4, -0.2) is 34.2 Å². The molecule has 1 heterocycles. The van der Waals surface area contributed by atoms with Crippen molar-refractivity contribution < 1.29 is 19.3 Å². The molecule has 9 heteroatoms. The predicted octanol–water partition coefficient (Wildman–Crippen LogP) is 2.93. The summed E-state index contributed by atoms with van der Waals surface area (Å²) in [6, 6.07) is 9.35. The second-order valence-electron chi connectivity index (χ2n) is 7.52. The van der Waals surface area contributed by atoms with Crippen molar-refractivity contribution in [3.8, 4) is 0 Å². The van der Waals surface area contributed by atoms with Crippen LogP contribution in [0.4, 0.5) is 16.2 Å². The van der Waals surface area contributed by atoms with Crippen molar-refractivity contribution in [2.45, 2.75) is 33.2 Å². The van der Waals surface area contributed by atoms with E-state index in [-0.39, 0.29) is 11.4 Å². The molecule has 0 unspecified atom stereocenters. The minimum Gasteiger partial charge on any atom is -0.319 e. The molecular weight excluding hydrogens is 388 g/mol. The summed E-state index contributed by atoms with van der Waals surface area (Å²) in [5.41, 5.74) is 1.41. The summed E-state index contributed by atoms with van der Waals surface area (Å²) in [6.45, 7) is 6.34. The zero-order valence-corrected chi connectivity index (χ0v) is 17.1. The van der Waals surface area contributed by atoms with Crippen LogP contribution < -0.4 is 10.6 Å². The van der Waals surface area contributed by atoms with E-state index in [4.69, 9.17) is 0 Å². The first kappa shape index (κ1) is 21.0. The molecule has 3 rings (SSSR count). The van der Waals surface area contributed by atoms with Crippen molar-refractivity contribution in [1.82, 2.24) is 10.2 Å². The maximum absolute atomic E-state index is 13.0. The first-order valence-corrected chi connectivity index (χ1v) is 9.30. The summed E-state index contributed by atoms with van der Waals surface area (Å²) >= 11 is 0. The van der Waals surface area contributed by atoms with Gasteiger partial charge in [-0.15, -0.1) is 0 Å². The Kier molecular flexibility index (Phi) is 5.30. The van der Waals surface area contributed by atoms with Gasteiger partial charge in [-0.2, -0.15) is 0 Å². The van der Waals surface area contributed by atoms with Gasteiger partial charge in [0.1, 0.15) is 17.8 Å². The molecule has 9 nitrogen and oxygen atoms in total. The Balaban J connectivity index is 1.82. The number of urea groups is 1. The standard InChI is InChI=1S/C21H22N4O5/c1-12-5-8-15(9-6-12)21(4)19(27)24(20(28)23-21)11-17(26)22-18-14(3)13(2)7-10-16(18)25(29)30/h5-10H,11H2,1-4H3,(H,22,26)(H,23,28)/t21-/m1/s1. The molecule has 30 heavy (non-hydrogen) atoms. The molecule has 1 aliphatic heterocycles. The molecule has 0 spiro atoms. The van der Waals surface area contributed by atoms with Crippen LogP contribution in [-0.2, 0) is 15.1 Å². The largest absolute Gasteiger partial charge is 0.325 e. The molecule has 0 aromatic heterocycles. The predicted molar refractivity (Wildman–Crippen MR) is 110 cm³/mol. The SMILES string of the molecule is Cc1ccc([C@@]2(C)NC(=O)N(CC(=O)Nc3c([N+](=O)[O-])ccc(C)c3C)C2=O)cc1. The lowest BCUT2D eigenvalue weighted by Crippen LogP contribution is -2.42. The Morgan fingerprint density at radius 2 is 1.77 bits per heavy atom. The lowest BCUT2D eigenvalue weighted by Gasteiger charge is -2.22. The van der Waals surface area contributed by atoms with E-state index in [9.17, 15) is 24.5 Å². The molecule has 1 fully saturated rings. The number of rotatable bonds is 5. The molecule has 2 aromatic rings. The third-order valence-electron chi connectivity index (χ3n) is 5.38. The first-order chi connectivity index (χ1) is 14.0. The van der Waals surface area contributed by atoms with Gasteiger partial charge in [0.2, 0.25) is 5.91 Å². The van der Waals surface area contributed by atoms with Crippen molar-refractivity contribution in [2.75, 3.05) is 11.9 Å². The monoisotopic (exact) mass is 410 g/mol. The van der Waals surface area contributed by atoms with Gasteiger partial charge in [0, 0.05) is 6.07 Å². The van der Waals surface area contributed by atoms with E-state index in [1.54, 1.807) is 39.0 Å². The number of carbonyl (C=O) groups is 3. The highest BCUT2D eigenvalue weighted by Gasteiger charge is 2.49. The second kappa shape index (κ2) is 7.58. The summed E-state index contributed by atoms with van der Waals surface area (Å²) in [4.78, 5) is 49.5. The topological polar surface area (TPSA) is 122 Å². The van der Waals surface area contributed by atoms with E-state index in [0.29, 0.717) is 11.1 Å². The van der Waals surface area contributed by atoms with E-state index >= 15 is 0 Å².